The Morgan fingerprint density at radius 1 is 1.38 bits per heavy atom. The highest BCUT2D eigenvalue weighted by Gasteiger charge is 2.06. The smallest absolute Gasteiger partial charge is 0.0564 e. The molecule has 0 bridgehead atoms. The van der Waals surface area contributed by atoms with Crippen LogP contribution in [0, 0.1) is 0 Å². The Bertz CT molecular complexity index is 88.2. The van der Waals surface area contributed by atoms with Crippen LogP contribution in [0.3, 0.4) is 0 Å². The lowest BCUT2D eigenvalue weighted by Gasteiger charge is -2.16. The van der Waals surface area contributed by atoms with E-state index in [2.05, 4.69) is 10.6 Å². The molecule has 1 aliphatic heterocycles. The fraction of sp³-hybridized carbons (Fsp3) is 1.00. The average molecular weight is 213 g/mol. The number of piperidine rings is 1. The fourth-order valence-electron chi connectivity index (χ4n) is 0.918. The standard InChI is InChI=1S/C5H11NO.C3H9NO.ClH/c7-5-1-3-6-4-2-5;1-4-2-3-5;/h5-7H,1-4H2;4-5H,2-3H2,1H3;1H. The molecular weight excluding hydrogens is 192 g/mol. The molecule has 0 aliphatic carbocycles. The monoisotopic (exact) mass is 212 g/mol. The maximum atomic E-state index is 8.87. The number of rotatable bonds is 2. The van der Waals surface area contributed by atoms with Crippen LogP contribution in [0.1, 0.15) is 12.8 Å². The number of hydrogen-bond donors (Lipinski definition) is 4. The van der Waals surface area contributed by atoms with Crippen molar-refractivity contribution in [1.29, 1.82) is 0 Å². The second-order valence-electron chi connectivity index (χ2n) is 2.81. The van der Waals surface area contributed by atoms with Crippen molar-refractivity contribution in [2.45, 2.75) is 18.9 Å². The molecule has 5 heteroatoms. The van der Waals surface area contributed by atoms with E-state index in [1.807, 2.05) is 0 Å². The summed E-state index contributed by atoms with van der Waals surface area (Å²) in [6.45, 7) is 2.90. The van der Waals surface area contributed by atoms with E-state index in [1.54, 1.807) is 7.05 Å². The number of aliphatic hydroxyl groups is 2. The normalized spacial score (nSPS) is 16.8. The first kappa shape index (κ1) is 15.6. The largest absolute Gasteiger partial charge is 0.395 e. The van der Waals surface area contributed by atoms with Gasteiger partial charge in [0, 0.05) is 6.54 Å². The van der Waals surface area contributed by atoms with Crippen LogP contribution in [0.5, 0.6) is 0 Å². The summed E-state index contributed by atoms with van der Waals surface area (Å²) in [4.78, 5) is 0. The molecule has 0 unspecified atom stereocenters. The zero-order valence-corrected chi connectivity index (χ0v) is 8.94. The molecule has 0 spiro atoms. The summed E-state index contributed by atoms with van der Waals surface area (Å²) >= 11 is 0. The van der Waals surface area contributed by atoms with Crippen LogP contribution in [-0.4, -0.2) is 49.6 Å². The number of likely N-dealkylation sites (N-methyl/N-ethyl adjacent to an activating group) is 1. The van der Waals surface area contributed by atoms with Crippen LogP contribution in [0.25, 0.3) is 0 Å². The molecule has 0 aromatic rings. The van der Waals surface area contributed by atoms with Gasteiger partial charge in [0.25, 0.3) is 0 Å². The van der Waals surface area contributed by atoms with Gasteiger partial charge < -0.3 is 20.8 Å². The average Bonchev–Trinajstić information content (AvgIpc) is 2.08. The van der Waals surface area contributed by atoms with Crippen molar-refractivity contribution in [3.63, 3.8) is 0 Å². The van der Waals surface area contributed by atoms with Gasteiger partial charge in [0.2, 0.25) is 0 Å². The van der Waals surface area contributed by atoms with Gasteiger partial charge in [-0.1, -0.05) is 0 Å². The predicted molar refractivity (Wildman–Crippen MR) is 56.4 cm³/mol. The first-order chi connectivity index (χ1) is 5.81. The molecule has 4 nitrogen and oxygen atoms in total. The zero-order valence-electron chi connectivity index (χ0n) is 8.12. The van der Waals surface area contributed by atoms with Crippen molar-refractivity contribution in [1.82, 2.24) is 10.6 Å². The molecule has 1 rings (SSSR count). The molecule has 82 valence electrons. The second kappa shape index (κ2) is 12.1. The van der Waals surface area contributed by atoms with E-state index < -0.39 is 0 Å². The van der Waals surface area contributed by atoms with E-state index in [1.165, 1.54) is 0 Å². The molecule has 1 heterocycles. The summed E-state index contributed by atoms with van der Waals surface area (Å²) in [7, 11) is 1.80. The number of hydrogen-bond acceptors (Lipinski definition) is 4. The maximum absolute atomic E-state index is 8.87. The van der Waals surface area contributed by atoms with E-state index >= 15 is 0 Å². The summed E-state index contributed by atoms with van der Waals surface area (Å²) in [6.07, 6.45) is 1.83. The number of nitrogens with one attached hydrogen (secondary N) is 2. The minimum atomic E-state index is -0.0266. The third kappa shape index (κ3) is 12.1. The van der Waals surface area contributed by atoms with Crippen molar-refractivity contribution >= 4 is 12.4 Å². The lowest BCUT2D eigenvalue weighted by Crippen LogP contribution is -2.30. The predicted octanol–water partition coefficient (Wildman–Crippen LogP) is -0.649. The van der Waals surface area contributed by atoms with Crippen LogP contribution < -0.4 is 10.6 Å². The molecule has 0 saturated carbocycles. The maximum Gasteiger partial charge on any atom is 0.0564 e. The Morgan fingerprint density at radius 3 is 2.08 bits per heavy atom. The number of aliphatic hydroxyl groups excluding tert-OH is 2. The third-order valence-electron chi connectivity index (χ3n) is 1.67. The summed E-state index contributed by atoms with van der Waals surface area (Å²) in [6, 6.07) is 0. The van der Waals surface area contributed by atoms with Crippen molar-refractivity contribution in [3.05, 3.63) is 0 Å². The number of halogens is 1. The van der Waals surface area contributed by atoms with Gasteiger partial charge in [0.1, 0.15) is 0 Å². The third-order valence-corrected chi connectivity index (χ3v) is 1.67. The van der Waals surface area contributed by atoms with E-state index in [-0.39, 0.29) is 25.1 Å². The lowest BCUT2D eigenvalue weighted by molar-refractivity contribution is 0.137. The van der Waals surface area contributed by atoms with E-state index in [4.69, 9.17) is 10.2 Å². The Morgan fingerprint density at radius 2 is 1.92 bits per heavy atom. The highest BCUT2D eigenvalue weighted by Crippen LogP contribution is 1.99. The summed E-state index contributed by atoms with van der Waals surface area (Å²) in [5.41, 5.74) is 0. The van der Waals surface area contributed by atoms with Crippen molar-refractivity contribution < 1.29 is 10.2 Å². The van der Waals surface area contributed by atoms with Gasteiger partial charge in [0.15, 0.2) is 0 Å². The molecule has 13 heavy (non-hydrogen) atoms. The van der Waals surface area contributed by atoms with Gasteiger partial charge in [-0.15, -0.1) is 12.4 Å². The van der Waals surface area contributed by atoms with Crippen LogP contribution >= 0.6 is 12.4 Å². The molecule has 1 aliphatic rings. The Balaban J connectivity index is 0. The molecule has 0 atom stereocenters. The van der Waals surface area contributed by atoms with Gasteiger partial charge in [0.05, 0.1) is 12.7 Å². The van der Waals surface area contributed by atoms with Gasteiger partial charge in [-0.25, -0.2) is 0 Å². The van der Waals surface area contributed by atoms with E-state index in [0.717, 1.165) is 25.9 Å². The Hall–Kier alpha value is 0.130. The van der Waals surface area contributed by atoms with Crippen molar-refractivity contribution in [3.8, 4) is 0 Å². The first-order valence-corrected chi connectivity index (χ1v) is 4.45. The van der Waals surface area contributed by atoms with Crippen molar-refractivity contribution in [2.75, 3.05) is 33.3 Å². The molecule has 0 aromatic heterocycles. The highest BCUT2D eigenvalue weighted by atomic mass is 35.5. The first-order valence-electron chi connectivity index (χ1n) is 4.45. The quantitative estimate of drug-likeness (QED) is 0.492. The molecule has 0 amide bonds. The molecule has 0 aromatic carbocycles. The molecule has 4 N–H and O–H groups in total. The second-order valence-corrected chi connectivity index (χ2v) is 2.81. The Labute approximate surface area is 86.1 Å². The molecular formula is C8H21ClN2O2. The van der Waals surface area contributed by atoms with Gasteiger partial charge in [-0.05, 0) is 33.0 Å². The van der Waals surface area contributed by atoms with Gasteiger partial charge in [-0.2, -0.15) is 0 Å². The fourth-order valence-corrected chi connectivity index (χ4v) is 0.918. The molecule has 1 fully saturated rings. The summed E-state index contributed by atoms with van der Waals surface area (Å²) in [5, 5.41) is 22.8. The van der Waals surface area contributed by atoms with Crippen LogP contribution in [-0.2, 0) is 0 Å². The summed E-state index contributed by atoms with van der Waals surface area (Å²) < 4.78 is 0. The van der Waals surface area contributed by atoms with E-state index in [0.29, 0.717) is 6.54 Å². The SMILES string of the molecule is CNCCO.Cl.OC1CCNCC1. The van der Waals surface area contributed by atoms with Gasteiger partial charge in [-0.3, -0.25) is 0 Å². The zero-order chi connectivity index (χ0) is 9.23. The van der Waals surface area contributed by atoms with E-state index in [9.17, 15) is 0 Å². The van der Waals surface area contributed by atoms with Crippen LogP contribution in [0.15, 0.2) is 0 Å². The lowest BCUT2D eigenvalue weighted by atomic mass is 10.1. The topological polar surface area (TPSA) is 64.5 Å². The molecule has 0 radical (unpaired) electrons. The minimum absolute atomic E-state index is 0. The minimum Gasteiger partial charge on any atom is -0.395 e. The highest BCUT2D eigenvalue weighted by molar-refractivity contribution is 5.85. The molecule has 1 saturated heterocycles. The van der Waals surface area contributed by atoms with Gasteiger partial charge >= 0.3 is 0 Å². The van der Waals surface area contributed by atoms with Crippen molar-refractivity contribution in [2.24, 2.45) is 0 Å². The van der Waals surface area contributed by atoms with Crippen LogP contribution in [0.4, 0.5) is 0 Å². The van der Waals surface area contributed by atoms with Crippen LogP contribution in [0.2, 0.25) is 0 Å². The Kier molecular flexibility index (Phi) is 14.6. The summed E-state index contributed by atoms with van der Waals surface area (Å²) in [5.74, 6) is 0.